The molecular formula is C24H34O6. The molecular weight excluding hydrogens is 384 g/mol. The number of esters is 2. The molecule has 0 amide bonds. The Kier molecular flexibility index (Phi) is 4.88. The number of rotatable bonds is 2. The summed E-state index contributed by atoms with van der Waals surface area (Å²) in [6, 6.07) is 2.05. The zero-order chi connectivity index (χ0) is 22.1. The summed E-state index contributed by atoms with van der Waals surface area (Å²) in [5, 5.41) is 12.3. The minimum Gasteiger partial charge on any atom is -0.469 e. The van der Waals surface area contributed by atoms with E-state index < -0.39 is 40.6 Å². The Hall–Kier alpha value is -1.82. The first kappa shape index (κ1) is 21.4. The van der Waals surface area contributed by atoms with Crippen molar-refractivity contribution >= 4 is 11.9 Å². The first-order valence-electron chi connectivity index (χ1n) is 11.1. The minimum atomic E-state index is -1.07. The molecule has 2 fully saturated rings. The molecule has 1 aromatic rings. The molecule has 3 aliphatic carbocycles. The monoisotopic (exact) mass is 418 g/mol. The molecule has 0 saturated heterocycles. The van der Waals surface area contributed by atoms with Gasteiger partial charge in [0.1, 0.15) is 18.0 Å². The topological polar surface area (TPSA) is 86.0 Å². The van der Waals surface area contributed by atoms with Crippen LogP contribution < -0.4 is 0 Å². The number of ether oxygens (including phenoxy) is 2. The maximum atomic E-state index is 12.3. The van der Waals surface area contributed by atoms with Crippen molar-refractivity contribution in [3.05, 3.63) is 23.7 Å². The van der Waals surface area contributed by atoms with Crippen LogP contribution >= 0.6 is 0 Å². The average molecular weight is 419 g/mol. The van der Waals surface area contributed by atoms with E-state index in [0.29, 0.717) is 25.2 Å². The van der Waals surface area contributed by atoms with Gasteiger partial charge in [0.15, 0.2) is 0 Å². The summed E-state index contributed by atoms with van der Waals surface area (Å²) >= 11 is 0. The predicted octanol–water partition coefficient (Wildman–Crippen LogP) is 4.00. The van der Waals surface area contributed by atoms with Crippen LogP contribution in [0, 0.1) is 22.7 Å². The maximum absolute atomic E-state index is 12.3. The second kappa shape index (κ2) is 6.84. The summed E-state index contributed by atoms with van der Waals surface area (Å²) in [5.74, 6) is 0.763. The fourth-order valence-corrected chi connectivity index (χ4v) is 7.28. The van der Waals surface area contributed by atoms with Gasteiger partial charge in [-0.1, -0.05) is 27.7 Å². The van der Waals surface area contributed by atoms with Crippen molar-refractivity contribution in [2.75, 3.05) is 0 Å². The van der Waals surface area contributed by atoms with E-state index in [2.05, 4.69) is 13.0 Å². The van der Waals surface area contributed by atoms with E-state index in [1.807, 2.05) is 20.8 Å². The van der Waals surface area contributed by atoms with Gasteiger partial charge in [-0.3, -0.25) is 9.59 Å². The quantitative estimate of drug-likeness (QED) is 0.731. The van der Waals surface area contributed by atoms with Crippen molar-refractivity contribution in [1.82, 2.24) is 0 Å². The highest BCUT2D eigenvalue weighted by atomic mass is 16.6. The number of fused-ring (bicyclic) bond motifs is 4. The summed E-state index contributed by atoms with van der Waals surface area (Å²) in [6.45, 7) is 11.1. The lowest BCUT2D eigenvalue weighted by Crippen LogP contribution is -2.74. The van der Waals surface area contributed by atoms with Gasteiger partial charge in [0, 0.05) is 25.7 Å². The molecule has 1 aromatic heterocycles. The van der Waals surface area contributed by atoms with Crippen LogP contribution in [0.1, 0.15) is 78.0 Å². The Morgan fingerprint density at radius 1 is 1.17 bits per heavy atom. The standard InChI is InChI=1S/C24H34O6/c1-13-16-7-9-24(27)22(4,5)12-20(29-14(2)25)21(30-15(3)26)23(24,6)18(16)11-19-17(13)8-10-28-19/h8,10,13,16,18,20-21,27H,7,9,11-12H2,1-6H3/t13-,16+,18+,20+,21+,23+,24-/m0/s1. The maximum Gasteiger partial charge on any atom is 0.303 e. The number of furan rings is 1. The molecule has 0 aliphatic heterocycles. The molecule has 0 unspecified atom stereocenters. The Labute approximate surface area is 178 Å². The molecule has 2 saturated carbocycles. The van der Waals surface area contributed by atoms with E-state index in [9.17, 15) is 14.7 Å². The van der Waals surface area contributed by atoms with Crippen molar-refractivity contribution in [3.63, 3.8) is 0 Å². The van der Waals surface area contributed by atoms with Crippen molar-refractivity contribution in [1.29, 1.82) is 0 Å². The summed E-state index contributed by atoms with van der Waals surface area (Å²) in [4.78, 5) is 24.1. The molecule has 3 aliphatic rings. The molecule has 6 nitrogen and oxygen atoms in total. The highest BCUT2D eigenvalue weighted by Crippen LogP contribution is 2.67. The van der Waals surface area contributed by atoms with Gasteiger partial charge in [-0.2, -0.15) is 0 Å². The van der Waals surface area contributed by atoms with Crippen molar-refractivity contribution < 1.29 is 28.6 Å². The third-order valence-electron chi connectivity index (χ3n) is 8.71. The lowest BCUT2D eigenvalue weighted by molar-refractivity contribution is -0.303. The highest BCUT2D eigenvalue weighted by molar-refractivity contribution is 5.67. The number of carbonyl (C=O) groups excluding carboxylic acids is 2. The van der Waals surface area contributed by atoms with Crippen LogP contribution in [-0.4, -0.2) is 34.9 Å². The number of aliphatic hydroxyl groups is 1. The zero-order valence-electron chi connectivity index (χ0n) is 18.9. The number of hydrogen-bond donors (Lipinski definition) is 1. The van der Waals surface area contributed by atoms with Crippen LogP contribution in [0.25, 0.3) is 0 Å². The van der Waals surface area contributed by atoms with Gasteiger partial charge in [-0.25, -0.2) is 0 Å². The zero-order valence-corrected chi connectivity index (χ0v) is 18.9. The third kappa shape index (κ3) is 2.79. The summed E-state index contributed by atoms with van der Waals surface area (Å²) in [6.07, 6.45) is 3.07. The molecule has 6 heteroatoms. The van der Waals surface area contributed by atoms with Crippen molar-refractivity contribution in [2.45, 2.75) is 91.0 Å². The SMILES string of the molecule is CC(=O)O[C@@H]1[C@H](OC(C)=O)CC(C)(C)[C@@]2(O)CC[C@@H]3[C@H](C)c4ccoc4C[C@H]3[C@]12C. The van der Waals surface area contributed by atoms with Gasteiger partial charge < -0.3 is 19.0 Å². The molecule has 1 N–H and O–H groups in total. The van der Waals surface area contributed by atoms with Crippen LogP contribution in [0.3, 0.4) is 0 Å². The molecule has 0 radical (unpaired) electrons. The second-order valence-corrected chi connectivity index (χ2v) is 10.5. The lowest BCUT2D eigenvalue weighted by atomic mass is 9.40. The Morgan fingerprint density at radius 2 is 1.83 bits per heavy atom. The highest BCUT2D eigenvalue weighted by Gasteiger charge is 2.72. The second-order valence-electron chi connectivity index (χ2n) is 10.5. The van der Waals surface area contributed by atoms with Crippen molar-refractivity contribution in [3.8, 4) is 0 Å². The Bertz CT molecular complexity index is 856. The fourth-order valence-electron chi connectivity index (χ4n) is 7.28. The molecule has 0 bridgehead atoms. The summed E-state index contributed by atoms with van der Waals surface area (Å²) in [5.41, 5.74) is -1.14. The van der Waals surface area contributed by atoms with E-state index in [1.54, 1.807) is 6.26 Å². The molecule has 30 heavy (non-hydrogen) atoms. The summed E-state index contributed by atoms with van der Waals surface area (Å²) < 4.78 is 17.4. The summed E-state index contributed by atoms with van der Waals surface area (Å²) in [7, 11) is 0. The van der Waals surface area contributed by atoms with Gasteiger partial charge in [0.2, 0.25) is 0 Å². The normalized spacial score (nSPS) is 41.8. The van der Waals surface area contributed by atoms with Gasteiger partial charge in [-0.15, -0.1) is 0 Å². The van der Waals surface area contributed by atoms with Crippen LogP contribution in [0.5, 0.6) is 0 Å². The van der Waals surface area contributed by atoms with Gasteiger partial charge in [0.05, 0.1) is 11.9 Å². The van der Waals surface area contributed by atoms with E-state index in [4.69, 9.17) is 13.9 Å². The van der Waals surface area contributed by atoms with Crippen LogP contribution in [-0.2, 0) is 25.5 Å². The predicted molar refractivity (Wildman–Crippen MR) is 110 cm³/mol. The van der Waals surface area contributed by atoms with Gasteiger partial charge >= 0.3 is 11.9 Å². The average Bonchev–Trinajstić information content (AvgIpc) is 3.10. The third-order valence-corrected chi connectivity index (χ3v) is 8.71. The lowest BCUT2D eigenvalue weighted by Gasteiger charge is -2.68. The number of hydrogen-bond acceptors (Lipinski definition) is 6. The van der Waals surface area contributed by atoms with E-state index in [0.717, 1.165) is 12.2 Å². The first-order chi connectivity index (χ1) is 13.9. The van der Waals surface area contributed by atoms with Crippen LogP contribution in [0.4, 0.5) is 0 Å². The molecule has 1 heterocycles. The van der Waals surface area contributed by atoms with Crippen molar-refractivity contribution in [2.24, 2.45) is 22.7 Å². The largest absolute Gasteiger partial charge is 0.469 e. The molecule has 0 spiro atoms. The molecule has 7 atom stereocenters. The van der Waals surface area contributed by atoms with Crippen LogP contribution in [0.2, 0.25) is 0 Å². The van der Waals surface area contributed by atoms with Crippen LogP contribution in [0.15, 0.2) is 16.7 Å². The van der Waals surface area contributed by atoms with E-state index >= 15 is 0 Å². The molecule has 4 rings (SSSR count). The smallest absolute Gasteiger partial charge is 0.303 e. The molecule has 0 aromatic carbocycles. The van der Waals surface area contributed by atoms with E-state index in [1.165, 1.54) is 19.4 Å². The first-order valence-corrected chi connectivity index (χ1v) is 11.1. The number of carbonyl (C=O) groups is 2. The Balaban J connectivity index is 1.88. The fraction of sp³-hybridized carbons (Fsp3) is 0.750. The molecule has 166 valence electrons. The van der Waals surface area contributed by atoms with Gasteiger partial charge in [0.25, 0.3) is 0 Å². The minimum absolute atomic E-state index is 0.0342. The van der Waals surface area contributed by atoms with Gasteiger partial charge in [-0.05, 0) is 54.1 Å². The Morgan fingerprint density at radius 3 is 2.47 bits per heavy atom. The van der Waals surface area contributed by atoms with E-state index in [-0.39, 0.29) is 11.8 Å².